The Labute approximate surface area is 64.4 Å². The van der Waals surface area contributed by atoms with E-state index in [4.69, 9.17) is 0 Å². The van der Waals surface area contributed by atoms with Gasteiger partial charge in [0.2, 0.25) is 0 Å². The van der Waals surface area contributed by atoms with Gasteiger partial charge in [0.05, 0.1) is 19.6 Å². The number of nitrogens with one attached hydrogen (secondary N) is 1. The molecule has 0 aromatic carbocycles. The smallest absolute Gasteiger partial charge is 0.0794 e. The lowest BCUT2D eigenvalue weighted by atomic mass is 10.1. The van der Waals surface area contributed by atoms with E-state index < -0.39 is 0 Å². The van der Waals surface area contributed by atoms with Crippen LogP contribution in [-0.2, 0) is 0 Å². The standard InChI is InChI=1S/C9H19N/c1-9(2)8-10-6-4-3-5-7-10/h9H,3-8H2,1-2H3/p+1. The highest BCUT2D eigenvalue weighted by molar-refractivity contribution is 4.47. The summed E-state index contributed by atoms with van der Waals surface area (Å²) in [5.74, 6) is 0.882. The molecule has 1 heterocycles. The van der Waals surface area contributed by atoms with Crippen LogP contribution in [0.25, 0.3) is 0 Å². The molecule has 0 aliphatic carbocycles. The van der Waals surface area contributed by atoms with Crippen molar-refractivity contribution in [3.63, 3.8) is 0 Å². The Morgan fingerprint density at radius 3 is 2.20 bits per heavy atom. The van der Waals surface area contributed by atoms with Crippen molar-refractivity contribution < 1.29 is 4.90 Å². The van der Waals surface area contributed by atoms with Crippen molar-refractivity contribution in [2.45, 2.75) is 33.1 Å². The number of hydrogen-bond donors (Lipinski definition) is 1. The van der Waals surface area contributed by atoms with E-state index in [2.05, 4.69) is 13.8 Å². The molecule has 1 fully saturated rings. The minimum absolute atomic E-state index is 0.882. The van der Waals surface area contributed by atoms with Gasteiger partial charge in [-0.3, -0.25) is 0 Å². The van der Waals surface area contributed by atoms with Crippen LogP contribution in [0.2, 0.25) is 0 Å². The molecule has 0 atom stereocenters. The third kappa shape index (κ3) is 2.70. The largest absolute Gasteiger partial charge is 0.335 e. The monoisotopic (exact) mass is 142 g/mol. The SMILES string of the molecule is CC(C)C[NH+]1CCCCC1. The molecule has 0 radical (unpaired) electrons. The van der Waals surface area contributed by atoms with E-state index in [1.54, 1.807) is 0 Å². The van der Waals surface area contributed by atoms with Gasteiger partial charge < -0.3 is 4.90 Å². The Kier molecular flexibility index (Phi) is 3.20. The fourth-order valence-corrected chi connectivity index (χ4v) is 1.83. The first-order valence-electron chi connectivity index (χ1n) is 4.62. The first kappa shape index (κ1) is 8.06. The molecule has 0 unspecified atom stereocenters. The van der Waals surface area contributed by atoms with E-state index in [1.807, 2.05) is 4.90 Å². The molecule has 1 N–H and O–H groups in total. The second-order valence-electron chi connectivity index (χ2n) is 3.91. The van der Waals surface area contributed by atoms with Crippen LogP contribution in [0.4, 0.5) is 0 Å². The molecular formula is C9H20N+. The van der Waals surface area contributed by atoms with Gasteiger partial charge in [0.1, 0.15) is 0 Å². The van der Waals surface area contributed by atoms with Crippen molar-refractivity contribution in [1.29, 1.82) is 0 Å². The molecule has 0 saturated carbocycles. The second kappa shape index (κ2) is 3.97. The van der Waals surface area contributed by atoms with Gasteiger partial charge in [0.15, 0.2) is 0 Å². The summed E-state index contributed by atoms with van der Waals surface area (Å²) < 4.78 is 0. The quantitative estimate of drug-likeness (QED) is 0.579. The zero-order chi connectivity index (χ0) is 7.40. The molecule has 10 heavy (non-hydrogen) atoms. The molecule has 1 saturated heterocycles. The number of piperidine rings is 1. The van der Waals surface area contributed by atoms with Crippen molar-refractivity contribution >= 4 is 0 Å². The van der Waals surface area contributed by atoms with Crippen molar-refractivity contribution in [2.24, 2.45) is 5.92 Å². The molecule has 1 aliphatic rings. The van der Waals surface area contributed by atoms with Crippen LogP contribution in [-0.4, -0.2) is 19.6 Å². The summed E-state index contributed by atoms with van der Waals surface area (Å²) >= 11 is 0. The lowest BCUT2D eigenvalue weighted by Crippen LogP contribution is -3.13. The average Bonchev–Trinajstić information content (AvgIpc) is 1.88. The zero-order valence-electron chi connectivity index (χ0n) is 7.32. The summed E-state index contributed by atoms with van der Waals surface area (Å²) in [5.41, 5.74) is 0. The maximum absolute atomic E-state index is 2.32. The third-order valence-corrected chi connectivity index (χ3v) is 2.26. The Hall–Kier alpha value is -0.0400. The van der Waals surface area contributed by atoms with E-state index in [1.165, 1.54) is 38.9 Å². The normalized spacial score (nSPS) is 21.9. The Bertz CT molecular complexity index is 82.7. The lowest BCUT2D eigenvalue weighted by molar-refractivity contribution is -0.907. The molecule has 1 nitrogen and oxygen atoms in total. The van der Waals surface area contributed by atoms with E-state index >= 15 is 0 Å². The molecular weight excluding hydrogens is 122 g/mol. The Morgan fingerprint density at radius 1 is 1.10 bits per heavy atom. The van der Waals surface area contributed by atoms with Gasteiger partial charge in [-0.2, -0.15) is 0 Å². The third-order valence-electron chi connectivity index (χ3n) is 2.26. The highest BCUT2D eigenvalue weighted by Crippen LogP contribution is 1.95. The Balaban J connectivity index is 2.13. The van der Waals surface area contributed by atoms with Gasteiger partial charge in [-0.1, -0.05) is 13.8 Å². The molecule has 0 spiro atoms. The molecule has 0 aromatic rings. The van der Waals surface area contributed by atoms with Crippen LogP contribution >= 0.6 is 0 Å². The van der Waals surface area contributed by atoms with Crippen LogP contribution in [0, 0.1) is 5.92 Å². The number of likely N-dealkylation sites (tertiary alicyclic amines) is 1. The maximum Gasteiger partial charge on any atom is 0.0794 e. The van der Waals surface area contributed by atoms with Crippen molar-refractivity contribution in [2.75, 3.05) is 19.6 Å². The van der Waals surface area contributed by atoms with Gasteiger partial charge in [0.25, 0.3) is 0 Å². The van der Waals surface area contributed by atoms with Crippen LogP contribution in [0.5, 0.6) is 0 Å². The Morgan fingerprint density at radius 2 is 1.70 bits per heavy atom. The summed E-state index contributed by atoms with van der Waals surface area (Å²) in [6.07, 6.45) is 4.39. The van der Waals surface area contributed by atoms with Gasteiger partial charge in [-0.25, -0.2) is 0 Å². The number of rotatable bonds is 2. The summed E-state index contributed by atoms with van der Waals surface area (Å²) in [7, 11) is 0. The van der Waals surface area contributed by atoms with Crippen molar-refractivity contribution in [3.8, 4) is 0 Å². The van der Waals surface area contributed by atoms with Gasteiger partial charge in [0, 0.05) is 5.92 Å². The minimum atomic E-state index is 0.882. The first-order chi connectivity index (χ1) is 4.79. The molecule has 0 amide bonds. The predicted molar refractivity (Wildman–Crippen MR) is 44.3 cm³/mol. The molecule has 1 rings (SSSR count). The highest BCUT2D eigenvalue weighted by atomic mass is 15.1. The lowest BCUT2D eigenvalue weighted by Gasteiger charge is -2.24. The summed E-state index contributed by atoms with van der Waals surface area (Å²) in [4.78, 5) is 1.83. The van der Waals surface area contributed by atoms with E-state index in [0.717, 1.165) is 5.92 Å². The van der Waals surface area contributed by atoms with Crippen molar-refractivity contribution in [3.05, 3.63) is 0 Å². The van der Waals surface area contributed by atoms with Gasteiger partial charge in [-0.15, -0.1) is 0 Å². The summed E-state index contributed by atoms with van der Waals surface area (Å²) in [6, 6.07) is 0. The fourth-order valence-electron chi connectivity index (χ4n) is 1.83. The van der Waals surface area contributed by atoms with E-state index in [9.17, 15) is 0 Å². The molecule has 0 bridgehead atoms. The minimum Gasteiger partial charge on any atom is -0.335 e. The number of hydrogen-bond acceptors (Lipinski definition) is 0. The summed E-state index contributed by atoms with van der Waals surface area (Å²) in [6.45, 7) is 8.89. The molecule has 1 aliphatic heterocycles. The molecule has 60 valence electrons. The second-order valence-corrected chi connectivity index (χ2v) is 3.91. The van der Waals surface area contributed by atoms with Crippen LogP contribution in [0.1, 0.15) is 33.1 Å². The average molecular weight is 142 g/mol. The van der Waals surface area contributed by atoms with Crippen LogP contribution in [0.15, 0.2) is 0 Å². The van der Waals surface area contributed by atoms with Gasteiger partial charge in [-0.05, 0) is 19.3 Å². The van der Waals surface area contributed by atoms with Crippen LogP contribution in [0.3, 0.4) is 0 Å². The fraction of sp³-hybridized carbons (Fsp3) is 1.00. The van der Waals surface area contributed by atoms with Gasteiger partial charge >= 0.3 is 0 Å². The topological polar surface area (TPSA) is 4.44 Å². The summed E-state index contributed by atoms with van der Waals surface area (Å²) in [5, 5.41) is 0. The maximum atomic E-state index is 2.32. The van der Waals surface area contributed by atoms with E-state index in [0.29, 0.717) is 0 Å². The predicted octanol–water partition coefficient (Wildman–Crippen LogP) is 0.711. The first-order valence-corrected chi connectivity index (χ1v) is 4.62. The van der Waals surface area contributed by atoms with Crippen LogP contribution < -0.4 is 4.90 Å². The van der Waals surface area contributed by atoms with Crippen molar-refractivity contribution in [1.82, 2.24) is 0 Å². The molecule has 0 aromatic heterocycles. The van der Waals surface area contributed by atoms with E-state index in [-0.39, 0.29) is 0 Å². The number of quaternary nitrogens is 1. The highest BCUT2D eigenvalue weighted by Gasteiger charge is 2.13. The zero-order valence-corrected chi connectivity index (χ0v) is 7.32. The molecule has 1 heteroatoms.